The van der Waals surface area contributed by atoms with Crippen molar-refractivity contribution in [3.05, 3.63) is 24.3 Å². The molecule has 0 radical (unpaired) electrons. The van der Waals surface area contributed by atoms with E-state index < -0.39 is 24.9 Å². The number of aromatic nitrogens is 4. The van der Waals surface area contributed by atoms with E-state index in [0.29, 0.717) is 36.5 Å². The van der Waals surface area contributed by atoms with E-state index in [2.05, 4.69) is 20.3 Å². The summed E-state index contributed by atoms with van der Waals surface area (Å²) in [6.07, 6.45) is -1.39. The summed E-state index contributed by atoms with van der Waals surface area (Å²) in [6, 6.07) is 0.661. The molecule has 0 unspecified atom stereocenters. The number of pyridine rings is 1. The fourth-order valence-corrected chi connectivity index (χ4v) is 3.59. The van der Waals surface area contributed by atoms with Crippen LogP contribution in [0.2, 0.25) is 0 Å². The summed E-state index contributed by atoms with van der Waals surface area (Å²) in [5, 5.41) is 17.4. The van der Waals surface area contributed by atoms with Crippen LogP contribution < -0.4 is 15.6 Å². The quantitative estimate of drug-likeness (QED) is 0.521. The fourth-order valence-electron chi connectivity index (χ4n) is 3.59. The molecule has 29 heavy (non-hydrogen) atoms. The highest BCUT2D eigenvalue weighted by molar-refractivity contribution is 6.01. The maximum Gasteiger partial charge on any atom is 0.405 e. The third-order valence-electron chi connectivity index (χ3n) is 4.81. The number of carbonyl (C=O) groups excluding carboxylic acids is 1. The van der Waals surface area contributed by atoms with Crippen molar-refractivity contribution in [2.24, 2.45) is 0 Å². The first-order valence-electron chi connectivity index (χ1n) is 9.12. The first-order valence-corrected chi connectivity index (χ1v) is 9.12. The smallest absolute Gasteiger partial charge is 0.385 e. The Morgan fingerprint density at radius 2 is 2.28 bits per heavy atom. The summed E-state index contributed by atoms with van der Waals surface area (Å²) in [6.45, 7) is 1.12. The highest BCUT2D eigenvalue weighted by atomic mass is 19.4. The van der Waals surface area contributed by atoms with Gasteiger partial charge in [0.25, 0.3) is 0 Å². The number of H-pyrrole nitrogens is 1. The van der Waals surface area contributed by atoms with Crippen molar-refractivity contribution >= 4 is 28.1 Å². The third kappa shape index (κ3) is 3.79. The molecule has 1 aliphatic rings. The predicted octanol–water partition coefficient (Wildman–Crippen LogP) is 1.54. The molecule has 156 valence electrons. The predicted molar refractivity (Wildman–Crippen MR) is 99.0 cm³/mol. The summed E-state index contributed by atoms with van der Waals surface area (Å²) in [4.78, 5) is 23.6. The van der Waals surface area contributed by atoms with E-state index in [1.807, 2.05) is 21.1 Å². The molecular formula is C17H20F3N7O2. The number of carbonyl (C=O) groups is 1. The summed E-state index contributed by atoms with van der Waals surface area (Å²) in [5.74, 6) is 0.428. The molecule has 3 aromatic rings. The second kappa shape index (κ2) is 7.10. The minimum atomic E-state index is -4.46. The van der Waals surface area contributed by atoms with E-state index in [1.54, 1.807) is 19.3 Å². The van der Waals surface area contributed by atoms with Gasteiger partial charge in [-0.25, -0.2) is 19.4 Å². The molecule has 1 aliphatic heterocycles. The van der Waals surface area contributed by atoms with Gasteiger partial charge in [-0.15, -0.1) is 0 Å². The van der Waals surface area contributed by atoms with Crippen molar-refractivity contribution < 1.29 is 23.1 Å². The molecule has 0 spiro atoms. The summed E-state index contributed by atoms with van der Waals surface area (Å²) < 4.78 is 38.6. The number of imidazole rings is 1. The number of hydrogen-bond acceptors (Lipinski definition) is 5. The molecule has 12 heteroatoms. The van der Waals surface area contributed by atoms with E-state index in [9.17, 15) is 23.1 Å². The summed E-state index contributed by atoms with van der Waals surface area (Å²) in [7, 11) is 0. The lowest BCUT2D eigenvalue weighted by Gasteiger charge is -2.24. The minimum Gasteiger partial charge on any atom is -0.385 e. The second-order valence-electron chi connectivity index (χ2n) is 7.03. The van der Waals surface area contributed by atoms with Gasteiger partial charge in [-0.1, -0.05) is 0 Å². The standard InChI is InChI=1S/C17H20F3N7O2/c1-9(28)15-25-12-6-22-14-11(2-4-21-14)13(12)27(15)26-5-3-10(7-26)24-16(29)23-8-17(18,19)20/h2,4,6,9-10,28H,3,5,7-8H2,1H3,(H,21,22)(H2,23,24,29)/t9-,10-/m0/s1. The largest absolute Gasteiger partial charge is 0.405 e. The van der Waals surface area contributed by atoms with Crippen LogP contribution in [-0.4, -0.2) is 62.6 Å². The minimum absolute atomic E-state index is 0.342. The van der Waals surface area contributed by atoms with E-state index in [1.165, 1.54) is 0 Å². The molecule has 1 saturated heterocycles. The Morgan fingerprint density at radius 3 is 3.00 bits per heavy atom. The average molecular weight is 411 g/mol. The van der Waals surface area contributed by atoms with Gasteiger partial charge in [-0.2, -0.15) is 13.2 Å². The Morgan fingerprint density at radius 1 is 1.48 bits per heavy atom. The Kier molecular flexibility index (Phi) is 4.73. The third-order valence-corrected chi connectivity index (χ3v) is 4.81. The number of hydrogen-bond donors (Lipinski definition) is 4. The zero-order valence-electron chi connectivity index (χ0n) is 15.5. The Hall–Kier alpha value is -3.02. The normalized spacial score (nSPS) is 18.5. The molecule has 0 saturated carbocycles. The van der Waals surface area contributed by atoms with E-state index in [-0.39, 0.29) is 6.04 Å². The molecule has 1 fully saturated rings. The van der Waals surface area contributed by atoms with Crippen molar-refractivity contribution in [1.29, 1.82) is 0 Å². The number of halogens is 3. The number of urea groups is 1. The molecular weight excluding hydrogens is 391 g/mol. The molecule has 4 rings (SSSR count). The fraction of sp³-hybridized carbons (Fsp3) is 0.471. The highest BCUT2D eigenvalue weighted by Gasteiger charge is 2.31. The Bertz CT molecular complexity index is 1040. The number of aromatic amines is 1. The van der Waals surface area contributed by atoms with Gasteiger partial charge in [-0.3, -0.25) is 0 Å². The zero-order valence-corrected chi connectivity index (χ0v) is 15.5. The number of nitrogens with zero attached hydrogens (tertiary/aromatic N) is 4. The Labute approximate surface area is 162 Å². The van der Waals surface area contributed by atoms with Gasteiger partial charge < -0.3 is 25.7 Å². The van der Waals surface area contributed by atoms with Gasteiger partial charge in [0.1, 0.15) is 29.3 Å². The SMILES string of the molecule is C[C@H](O)c1nc2cnc3[nH]ccc3c2n1N1CC[C@H](NC(=O)NCC(F)(F)F)C1. The molecule has 4 N–H and O–H groups in total. The number of aliphatic hydroxyl groups is 1. The number of fused-ring (bicyclic) bond motifs is 3. The number of rotatable bonds is 4. The first-order chi connectivity index (χ1) is 13.7. The second-order valence-corrected chi connectivity index (χ2v) is 7.03. The average Bonchev–Trinajstić information content (AvgIpc) is 3.35. The monoisotopic (exact) mass is 411 g/mol. The van der Waals surface area contributed by atoms with Gasteiger partial charge in [-0.05, 0) is 19.4 Å². The van der Waals surface area contributed by atoms with E-state index >= 15 is 0 Å². The van der Waals surface area contributed by atoms with Crippen molar-refractivity contribution in [3.8, 4) is 0 Å². The first kappa shape index (κ1) is 19.3. The molecule has 2 atom stereocenters. The molecule has 2 amide bonds. The van der Waals surface area contributed by atoms with Gasteiger partial charge in [0.05, 0.1) is 18.8 Å². The Balaban J connectivity index is 1.58. The van der Waals surface area contributed by atoms with Crippen LogP contribution >= 0.6 is 0 Å². The highest BCUT2D eigenvalue weighted by Crippen LogP contribution is 2.28. The number of aliphatic hydroxyl groups excluding tert-OH is 1. The lowest BCUT2D eigenvalue weighted by Crippen LogP contribution is -2.47. The maximum absolute atomic E-state index is 12.3. The summed E-state index contributed by atoms with van der Waals surface area (Å²) in [5.41, 5.74) is 2.07. The molecule has 3 aromatic heterocycles. The van der Waals surface area contributed by atoms with Gasteiger partial charge in [0.15, 0.2) is 5.82 Å². The molecule has 0 bridgehead atoms. The molecule has 0 aromatic carbocycles. The van der Waals surface area contributed by atoms with Gasteiger partial charge >= 0.3 is 12.2 Å². The van der Waals surface area contributed by atoms with E-state index in [4.69, 9.17) is 0 Å². The topological polar surface area (TPSA) is 111 Å². The lowest BCUT2D eigenvalue weighted by molar-refractivity contribution is -0.122. The maximum atomic E-state index is 12.3. The number of amides is 2. The van der Waals surface area contributed by atoms with Crippen LogP contribution in [-0.2, 0) is 0 Å². The van der Waals surface area contributed by atoms with Crippen LogP contribution in [0.1, 0.15) is 25.3 Å². The van der Waals surface area contributed by atoms with Crippen LogP contribution in [0.4, 0.5) is 18.0 Å². The van der Waals surface area contributed by atoms with Crippen molar-refractivity contribution in [3.63, 3.8) is 0 Å². The van der Waals surface area contributed by atoms with Crippen LogP contribution in [0.25, 0.3) is 22.1 Å². The summed E-state index contributed by atoms with van der Waals surface area (Å²) >= 11 is 0. The van der Waals surface area contributed by atoms with Crippen molar-refractivity contribution in [2.75, 3.05) is 24.6 Å². The van der Waals surface area contributed by atoms with Crippen molar-refractivity contribution in [2.45, 2.75) is 31.7 Å². The molecule has 4 heterocycles. The zero-order chi connectivity index (χ0) is 20.8. The van der Waals surface area contributed by atoms with Crippen LogP contribution in [0, 0.1) is 0 Å². The van der Waals surface area contributed by atoms with Gasteiger partial charge in [0.2, 0.25) is 0 Å². The van der Waals surface area contributed by atoms with E-state index in [0.717, 1.165) is 10.9 Å². The van der Waals surface area contributed by atoms with Gasteiger partial charge in [0, 0.05) is 18.1 Å². The van der Waals surface area contributed by atoms with Crippen LogP contribution in [0.15, 0.2) is 18.5 Å². The number of nitrogens with one attached hydrogen (secondary N) is 3. The molecule has 9 nitrogen and oxygen atoms in total. The van der Waals surface area contributed by atoms with Crippen LogP contribution in [0.3, 0.4) is 0 Å². The van der Waals surface area contributed by atoms with Crippen molar-refractivity contribution in [1.82, 2.24) is 30.3 Å². The molecule has 0 aliphatic carbocycles. The number of alkyl halides is 3. The lowest BCUT2D eigenvalue weighted by atomic mass is 10.3. The van der Waals surface area contributed by atoms with Crippen LogP contribution in [0.5, 0.6) is 0 Å².